The van der Waals surface area contributed by atoms with Crippen molar-refractivity contribution in [1.82, 2.24) is 5.32 Å². The number of rotatable bonds is 2. The normalized spacial score (nSPS) is 12.1. The maximum absolute atomic E-state index is 9.73. The molecule has 0 aromatic heterocycles. The van der Waals surface area contributed by atoms with Crippen molar-refractivity contribution in [3.63, 3.8) is 0 Å². The van der Waals surface area contributed by atoms with Gasteiger partial charge in [-0.3, -0.25) is 0 Å². The van der Waals surface area contributed by atoms with Crippen molar-refractivity contribution in [1.29, 1.82) is 0 Å². The van der Waals surface area contributed by atoms with Gasteiger partial charge in [0, 0.05) is 0 Å². The largest absolute Gasteiger partial charge is 0.465 e. The summed E-state index contributed by atoms with van der Waals surface area (Å²) in [6, 6.07) is 0. The van der Waals surface area contributed by atoms with Crippen molar-refractivity contribution >= 4 is 17.7 Å². The van der Waals surface area contributed by atoms with Gasteiger partial charge in [-0.05, 0) is 0 Å². The molecular weight excluding hydrogens is 130 g/mol. The van der Waals surface area contributed by atoms with E-state index in [1.165, 1.54) is 6.08 Å². The fourth-order valence-electron chi connectivity index (χ4n) is 0.177. The highest BCUT2D eigenvalue weighted by atomic mass is 35.5. The first-order chi connectivity index (χ1) is 3.66. The van der Waals surface area contributed by atoms with Crippen molar-refractivity contribution in [2.24, 2.45) is 0 Å². The van der Waals surface area contributed by atoms with Gasteiger partial charge >= 0.3 is 6.09 Å². The lowest BCUT2D eigenvalue weighted by molar-refractivity contribution is 0.194. The van der Waals surface area contributed by atoms with E-state index in [-0.39, 0.29) is 0 Å². The van der Waals surface area contributed by atoms with Gasteiger partial charge in [0.2, 0.25) is 0 Å². The number of halogens is 1. The molecule has 0 rings (SSSR count). The summed E-state index contributed by atoms with van der Waals surface area (Å²) in [6.45, 7) is 3.26. The van der Waals surface area contributed by atoms with Crippen LogP contribution in [0.4, 0.5) is 4.79 Å². The number of nitrogens with one attached hydrogen (secondary N) is 1. The Labute approximate surface area is 52.0 Å². The molecule has 0 radical (unpaired) electrons. The van der Waals surface area contributed by atoms with Gasteiger partial charge in [-0.25, -0.2) is 4.79 Å². The molecule has 0 aliphatic carbocycles. The number of amides is 1. The maximum Gasteiger partial charge on any atom is 0.406 e. The van der Waals surface area contributed by atoms with Crippen molar-refractivity contribution in [2.45, 2.75) is 5.50 Å². The van der Waals surface area contributed by atoms with Crippen LogP contribution in [0.5, 0.6) is 0 Å². The Morgan fingerprint density at radius 2 is 2.50 bits per heavy atom. The van der Waals surface area contributed by atoms with Crippen molar-refractivity contribution in [2.75, 3.05) is 0 Å². The highest BCUT2D eigenvalue weighted by Crippen LogP contribution is 1.88. The van der Waals surface area contributed by atoms with E-state index in [0.717, 1.165) is 0 Å². The zero-order valence-electron chi connectivity index (χ0n) is 4.10. The monoisotopic (exact) mass is 135 g/mol. The van der Waals surface area contributed by atoms with Crippen molar-refractivity contribution < 1.29 is 9.90 Å². The van der Waals surface area contributed by atoms with Crippen LogP contribution < -0.4 is 5.32 Å². The average molecular weight is 136 g/mol. The van der Waals surface area contributed by atoms with Crippen LogP contribution >= 0.6 is 11.6 Å². The van der Waals surface area contributed by atoms with Gasteiger partial charge in [0.25, 0.3) is 0 Å². The molecule has 0 aliphatic rings. The molecule has 1 amide bonds. The lowest BCUT2D eigenvalue weighted by Crippen LogP contribution is -2.26. The molecular formula is C4H6ClNO2. The summed E-state index contributed by atoms with van der Waals surface area (Å²) in [5.74, 6) is 0. The van der Waals surface area contributed by atoms with Crippen molar-refractivity contribution in [3.8, 4) is 0 Å². The minimum Gasteiger partial charge on any atom is -0.465 e. The summed E-state index contributed by atoms with van der Waals surface area (Å²) >= 11 is 5.25. The molecule has 4 heteroatoms. The summed E-state index contributed by atoms with van der Waals surface area (Å²) in [6.07, 6.45) is 0.139. The Hall–Kier alpha value is -0.700. The molecule has 0 aliphatic heterocycles. The first-order valence-electron chi connectivity index (χ1n) is 1.93. The maximum atomic E-state index is 9.73. The fraction of sp³-hybridized carbons (Fsp3) is 0.250. The topological polar surface area (TPSA) is 49.3 Å². The van der Waals surface area contributed by atoms with Crippen LogP contribution in [0.1, 0.15) is 0 Å². The molecule has 0 saturated heterocycles. The third-order valence-electron chi connectivity index (χ3n) is 0.468. The summed E-state index contributed by atoms with van der Waals surface area (Å²) in [4.78, 5) is 9.73. The molecule has 0 aromatic rings. The minimum absolute atomic E-state index is 0.688. The minimum atomic E-state index is -1.15. The second kappa shape index (κ2) is 3.32. The first-order valence-corrected chi connectivity index (χ1v) is 2.36. The molecule has 0 saturated carbocycles. The van der Waals surface area contributed by atoms with Crippen molar-refractivity contribution in [3.05, 3.63) is 12.7 Å². The quantitative estimate of drug-likeness (QED) is 0.337. The van der Waals surface area contributed by atoms with Gasteiger partial charge in [-0.2, -0.15) is 0 Å². The number of carbonyl (C=O) groups is 1. The molecule has 0 spiro atoms. The first kappa shape index (κ1) is 7.30. The second-order valence-corrected chi connectivity index (χ2v) is 1.56. The molecule has 46 valence electrons. The third kappa shape index (κ3) is 3.49. The number of hydrogen-bond donors (Lipinski definition) is 2. The van der Waals surface area contributed by atoms with E-state index in [4.69, 9.17) is 16.7 Å². The van der Waals surface area contributed by atoms with Gasteiger partial charge in [-0.15, -0.1) is 0 Å². The lowest BCUT2D eigenvalue weighted by Gasteiger charge is -1.99. The van der Waals surface area contributed by atoms with E-state index in [1.807, 2.05) is 5.32 Å². The Bertz CT molecular complexity index is 104. The molecule has 1 unspecified atom stereocenters. The molecule has 0 bridgehead atoms. The van der Waals surface area contributed by atoms with Crippen LogP contribution in [0.3, 0.4) is 0 Å². The van der Waals surface area contributed by atoms with E-state index in [1.54, 1.807) is 0 Å². The van der Waals surface area contributed by atoms with Gasteiger partial charge in [0.1, 0.15) is 5.50 Å². The van der Waals surface area contributed by atoms with Crippen LogP contribution in [-0.4, -0.2) is 16.7 Å². The third-order valence-corrected chi connectivity index (χ3v) is 0.756. The summed E-state index contributed by atoms with van der Waals surface area (Å²) in [5, 5.41) is 9.93. The fourth-order valence-corrected chi connectivity index (χ4v) is 0.270. The molecule has 2 N–H and O–H groups in total. The highest BCUT2D eigenvalue weighted by Gasteiger charge is 1.99. The second-order valence-electron chi connectivity index (χ2n) is 1.09. The standard InChI is InChI=1S/C4H6ClNO2/c1-2-3(5)6-4(7)8/h2-3,6H,1H2,(H,7,8). The van der Waals surface area contributed by atoms with Crippen LogP contribution in [0.2, 0.25) is 0 Å². The number of alkyl halides is 1. The van der Waals surface area contributed by atoms with Gasteiger partial charge in [0.15, 0.2) is 0 Å². The van der Waals surface area contributed by atoms with E-state index in [9.17, 15) is 4.79 Å². The molecule has 0 heterocycles. The molecule has 1 atom stereocenters. The molecule has 8 heavy (non-hydrogen) atoms. The summed E-state index contributed by atoms with van der Waals surface area (Å²) < 4.78 is 0. The predicted octanol–water partition coefficient (Wildman–Crippen LogP) is 1.00. The van der Waals surface area contributed by atoms with Crippen LogP contribution in [-0.2, 0) is 0 Å². The summed E-state index contributed by atoms with van der Waals surface area (Å²) in [7, 11) is 0. The van der Waals surface area contributed by atoms with E-state index in [0.29, 0.717) is 0 Å². The van der Waals surface area contributed by atoms with Gasteiger partial charge in [0.05, 0.1) is 0 Å². The molecule has 0 aromatic carbocycles. The lowest BCUT2D eigenvalue weighted by atomic mass is 10.6. The Morgan fingerprint density at radius 3 is 2.62 bits per heavy atom. The zero-order chi connectivity index (χ0) is 6.57. The smallest absolute Gasteiger partial charge is 0.406 e. The Balaban J connectivity index is 3.38. The number of carboxylic acid groups (broad SMARTS) is 1. The van der Waals surface area contributed by atoms with E-state index < -0.39 is 11.6 Å². The molecule has 0 fully saturated rings. The molecule has 3 nitrogen and oxygen atoms in total. The van der Waals surface area contributed by atoms with Gasteiger partial charge < -0.3 is 10.4 Å². The number of hydrogen-bond acceptors (Lipinski definition) is 1. The Kier molecular flexibility index (Phi) is 3.03. The highest BCUT2D eigenvalue weighted by molar-refractivity contribution is 6.22. The predicted molar refractivity (Wildman–Crippen MR) is 31.0 cm³/mol. The van der Waals surface area contributed by atoms with Crippen LogP contribution in [0.25, 0.3) is 0 Å². The zero-order valence-corrected chi connectivity index (χ0v) is 4.85. The van der Waals surface area contributed by atoms with Crippen LogP contribution in [0, 0.1) is 0 Å². The summed E-state index contributed by atoms with van der Waals surface area (Å²) in [5.41, 5.74) is -0.688. The van der Waals surface area contributed by atoms with Gasteiger partial charge in [-0.1, -0.05) is 24.3 Å². The average Bonchev–Trinajstić information content (AvgIpc) is 1.65. The van der Waals surface area contributed by atoms with Crippen LogP contribution in [0.15, 0.2) is 12.7 Å². The Morgan fingerprint density at radius 1 is 2.00 bits per heavy atom. The van der Waals surface area contributed by atoms with E-state index in [2.05, 4.69) is 6.58 Å². The SMILES string of the molecule is C=CC(Cl)NC(=O)O. The van der Waals surface area contributed by atoms with E-state index >= 15 is 0 Å².